The minimum absolute atomic E-state index is 0.451. The molecule has 68 valence electrons. The van der Waals surface area contributed by atoms with Crippen LogP contribution in [0.2, 0.25) is 0 Å². The fourth-order valence-electron chi connectivity index (χ4n) is 3.14. The van der Waals surface area contributed by atoms with Crippen molar-refractivity contribution in [2.24, 2.45) is 17.8 Å². The summed E-state index contributed by atoms with van der Waals surface area (Å²) < 4.78 is 0. The zero-order valence-electron chi connectivity index (χ0n) is 7.88. The molecule has 0 aromatic heterocycles. The average molecular weight is 166 g/mol. The van der Waals surface area contributed by atoms with Crippen molar-refractivity contribution in [1.29, 1.82) is 0 Å². The lowest BCUT2D eigenvalue weighted by Crippen LogP contribution is -2.36. The topological polar surface area (TPSA) is 17.1 Å². The Bertz CT molecular complexity index is 183. The van der Waals surface area contributed by atoms with Gasteiger partial charge in [-0.05, 0) is 31.1 Å². The van der Waals surface area contributed by atoms with Crippen LogP contribution in [0.15, 0.2) is 0 Å². The van der Waals surface area contributed by atoms with Crippen LogP contribution in [-0.2, 0) is 4.79 Å². The molecule has 2 saturated carbocycles. The first-order valence-electron chi connectivity index (χ1n) is 5.32. The molecular formula is C11H18O. The molecule has 0 bridgehead atoms. The van der Waals surface area contributed by atoms with E-state index in [4.69, 9.17) is 0 Å². The van der Waals surface area contributed by atoms with Crippen molar-refractivity contribution in [3.63, 3.8) is 0 Å². The number of ketones is 1. The predicted molar refractivity (Wildman–Crippen MR) is 48.9 cm³/mol. The Balaban J connectivity index is 2.12. The van der Waals surface area contributed by atoms with Gasteiger partial charge in [0, 0.05) is 12.3 Å². The van der Waals surface area contributed by atoms with Gasteiger partial charge in [0.05, 0.1) is 0 Å². The largest absolute Gasteiger partial charge is 0.299 e. The molecule has 3 atom stereocenters. The maximum atomic E-state index is 11.6. The number of hydrogen-bond donors (Lipinski definition) is 0. The van der Waals surface area contributed by atoms with E-state index in [9.17, 15) is 4.79 Å². The average Bonchev–Trinajstić information content (AvgIpc) is 2.04. The molecule has 0 radical (unpaired) electrons. The molecule has 1 heteroatoms. The van der Waals surface area contributed by atoms with Crippen LogP contribution in [0.25, 0.3) is 0 Å². The summed E-state index contributed by atoms with van der Waals surface area (Å²) in [5.41, 5.74) is 0. The van der Waals surface area contributed by atoms with Gasteiger partial charge in [-0.2, -0.15) is 0 Å². The standard InChI is InChI=1S/C11H18O/c1-8-4-2-5-9-6-3-7-10(12)11(8)9/h8-9,11H,2-7H2,1H3/t8-,9+,11-/m1/s1. The van der Waals surface area contributed by atoms with Crippen LogP contribution in [0.3, 0.4) is 0 Å². The van der Waals surface area contributed by atoms with E-state index in [1.54, 1.807) is 0 Å². The fourth-order valence-corrected chi connectivity index (χ4v) is 3.14. The maximum Gasteiger partial charge on any atom is 0.136 e. The Labute approximate surface area is 74.5 Å². The molecule has 2 fully saturated rings. The molecule has 2 aliphatic rings. The zero-order chi connectivity index (χ0) is 8.55. The van der Waals surface area contributed by atoms with Crippen LogP contribution in [0.1, 0.15) is 45.4 Å². The Morgan fingerprint density at radius 1 is 1.17 bits per heavy atom. The van der Waals surface area contributed by atoms with Crippen molar-refractivity contribution in [1.82, 2.24) is 0 Å². The molecule has 0 aromatic carbocycles. The first kappa shape index (κ1) is 8.28. The first-order chi connectivity index (χ1) is 5.79. The van der Waals surface area contributed by atoms with E-state index in [-0.39, 0.29) is 0 Å². The van der Waals surface area contributed by atoms with Crippen molar-refractivity contribution in [2.45, 2.75) is 45.4 Å². The highest BCUT2D eigenvalue weighted by Gasteiger charge is 2.37. The number of carbonyl (C=O) groups is 1. The molecule has 0 aliphatic heterocycles. The van der Waals surface area contributed by atoms with Crippen LogP contribution < -0.4 is 0 Å². The van der Waals surface area contributed by atoms with Crippen molar-refractivity contribution in [2.75, 3.05) is 0 Å². The highest BCUT2D eigenvalue weighted by Crippen LogP contribution is 2.41. The Morgan fingerprint density at radius 3 is 2.67 bits per heavy atom. The molecule has 2 aliphatic carbocycles. The lowest BCUT2D eigenvalue weighted by molar-refractivity contribution is -0.130. The van der Waals surface area contributed by atoms with E-state index in [0.717, 1.165) is 18.8 Å². The molecule has 0 heterocycles. The Morgan fingerprint density at radius 2 is 1.92 bits per heavy atom. The lowest BCUT2D eigenvalue weighted by atomic mass is 9.65. The van der Waals surface area contributed by atoms with Crippen molar-refractivity contribution in [3.05, 3.63) is 0 Å². The van der Waals surface area contributed by atoms with Crippen molar-refractivity contribution >= 4 is 5.78 Å². The predicted octanol–water partition coefficient (Wildman–Crippen LogP) is 2.79. The van der Waals surface area contributed by atoms with E-state index >= 15 is 0 Å². The number of Topliss-reactive ketones (excluding diaryl/α,β-unsaturated/α-hetero) is 1. The van der Waals surface area contributed by atoms with Gasteiger partial charge < -0.3 is 0 Å². The fraction of sp³-hybridized carbons (Fsp3) is 0.909. The normalized spacial score (nSPS) is 42.4. The number of carbonyl (C=O) groups excluding carboxylic acids is 1. The summed E-state index contributed by atoms with van der Waals surface area (Å²) in [6.07, 6.45) is 7.31. The quantitative estimate of drug-likeness (QED) is 0.541. The molecule has 0 unspecified atom stereocenters. The van der Waals surface area contributed by atoms with Crippen LogP contribution in [-0.4, -0.2) is 5.78 Å². The van der Waals surface area contributed by atoms with Crippen LogP contribution in [0.5, 0.6) is 0 Å². The second kappa shape index (κ2) is 3.20. The van der Waals surface area contributed by atoms with Gasteiger partial charge >= 0.3 is 0 Å². The van der Waals surface area contributed by atoms with Gasteiger partial charge in [0.1, 0.15) is 5.78 Å². The van der Waals surface area contributed by atoms with Gasteiger partial charge in [-0.15, -0.1) is 0 Å². The smallest absolute Gasteiger partial charge is 0.136 e. The third-order valence-corrected chi connectivity index (χ3v) is 3.73. The SMILES string of the molecule is C[C@@H]1CCC[C@H]2CCCC(=O)[C@@H]21. The van der Waals surface area contributed by atoms with E-state index in [0.29, 0.717) is 17.6 Å². The summed E-state index contributed by atoms with van der Waals surface area (Å²) in [4.78, 5) is 11.6. The minimum atomic E-state index is 0.451. The maximum absolute atomic E-state index is 11.6. The molecule has 2 rings (SSSR count). The van der Waals surface area contributed by atoms with Gasteiger partial charge in [0.25, 0.3) is 0 Å². The third kappa shape index (κ3) is 1.30. The molecule has 0 amide bonds. The van der Waals surface area contributed by atoms with Crippen LogP contribution >= 0.6 is 0 Å². The second-order valence-corrected chi connectivity index (χ2v) is 4.55. The Kier molecular flexibility index (Phi) is 2.20. The molecule has 12 heavy (non-hydrogen) atoms. The highest BCUT2D eigenvalue weighted by molar-refractivity contribution is 5.82. The lowest BCUT2D eigenvalue weighted by Gasteiger charge is -2.38. The molecule has 0 saturated heterocycles. The molecular weight excluding hydrogens is 148 g/mol. The summed E-state index contributed by atoms with van der Waals surface area (Å²) in [7, 11) is 0. The number of hydrogen-bond acceptors (Lipinski definition) is 1. The van der Waals surface area contributed by atoms with Gasteiger partial charge in [-0.25, -0.2) is 0 Å². The summed E-state index contributed by atoms with van der Waals surface area (Å²) in [6.45, 7) is 2.26. The van der Waals surface area contributed by atoms with Gasteiger partial charge in [-0.3, -0.25) is 4.79 Å². The van der Waals surface area contributed by atoms with E-state index in [1.165, 1.54) is 25.7 Å². The highest BCUT2D eigenvalue weighted by atomic mass is 16.1. The molecule has 0 aromatic rings. The van der Waals surface area contributed by atoms with Crippen LogP contribution in [0, 0.1) is 17.8 Å². The third-order valence-electron chi connectivity index (χ3n) is 3.73. The van der Waals surface area contributed by atoms with Gasteiger partial charge in [0.2, 0.25) is 0 Å². The van der Waals surface area contributed by atoms with Crippen molar-refractivity contribution < 1.29 is 4.79 Å². The zero-order valence-corrected chi connectivity index (χ0v) is 7.88. The van der Waals surface area contributed by atoms with Crippen LogP contribution in [0.4, 0.5) is 0 Å². The van der Waals surface area contributed by atoms with E-state index in [1.807, 2.05) is 0 Å². The van der Waals surface area contributed by atoms with Crippen molar-refractivity contribution in [3.8, 4) is 0 Å². The summed E-state index contributed by atoms with van der Waals surface area (Å²) in [6, 6.07) is 0. The minimum Gasteiger partial charge on any atom is -0.299 e. The summed E-state index contributed by atoms with van der Waals surface area (Å²) in [5, 5.41) is 0. The van der Waals surface area contributed by atoms with E-state index < -0.39 is 0 Å². The number of rotatable bonds is 0. The molecule has 1 nitrogen and oxygen atoms in total. The summed E-state index contributed by atoms with van der Waals surface area (Å²) in [5.74, 6) is 2.46. The van der Waals surface area contributed by atoms with E-state index in [2.05, 4.69) is 6.92 Å². The molecule has 0 spiro atoms. The van der Waals surface area contributed by atoms with Gasteiger partial charge in [0.15, 0.2) is 0 Å². The first-order valence-corrected chi connectivity index (χ1v) is 5.32. The Hall–Kier alpha value is -0.330. The second-order valence-electron chi connectivity index (χ2n) is 4.55. The summed E-state index contributed by atoms with van der Waals surface area (Å²) >= 11 is 0. The number of fused-ring (bicyclic) bond motifs is 1. The van der Waals surface area contributed by atoms with Gasteiger partial charge in [-0.1, -0.05) is 19.8 Å². The monoisotopic (exact) mass is 166 g/mol. The molecule has 0 N–H and O–H groups in total.